The SMILES string of the molecule is CCC(NC)c1csc(C2CC2)n1. The molecule has 0 aromatic carbocycles. The van der Waals surface area contributed by atoms with Crippen molar-refractivity contribution in [2.45, 2.75) is 38.1 Å². The van der Waals surface area contributed by atoms with Gasteiger partial charge in [0.25, 0.3) is 0 Å². The van der Waals surface area contributed by atoms with Crippen molar-refractivity contribution in [2.24, 2.45) is 0 Å². The molecule has 1 aromatic heterocycles. The molecule has 1 fully saturated rings. The Bertz CT molecular complexity index is 274. The summed E-state index contributed by atoms with van der Waals surface area (Å²) in [7, 11) is 2.00. The van der Waals surface area contributed by atoms with Crippen LogP contribution in [0.2, 0.25) is 0 Å². The predicted molar refractivity (Wildman–Crippen MR) is 56.2 cm³/mol. The Hall–Kier alpha value is -0.410. The summed E-state index contributed by atoms with van der Waals surface area (Å²) in [5, 5.41) is 6.84. The zero-order valence-electron chi connectivity index (χ0n) is 8.21. The van der Waals surface area contributed by atoms with Crippen molar-refractivity contribution < 1.29 is 0 Å². The number of rotatable bonds is 4. The molecular weight excluding hydrogens is 180 g/mol. The molecule has 3 heteroatoms. The third kappa shape index (κ3) is 1.92. The topological polar surface area (TPSA) is 24.9 Å². The number of aromatic nitrogens is 1. The highest BCUT2D eigenvalue weighted by atomic mass is 32.1. The molecule has 1 aromatic rings. The van der Waals surface area contributed by atoms with E-state index in [0.717, 1.165) is 12.3 Å². The number of nitrogens with zero attached hydrogens (tertiary/aromatic N) is 1. The molecule has 1 aliphatic rings. The second-order valence-electron chi connectivity index (χ2n) is 3.63. The Balaban J connectivity index is 2.10. The minimum Gasteiger partial charge on any atom is -0.312 e. The highest BCUT2D eigenvalue weighted by Crippen LogP contribution is 2.41. The van der Waals surface area contributed by atoms with Gasteiger partial charge in [0.15, 0.2) is 0 Å². The van der Waals surface area contributed by atoms with Gasteiger partial charge >= 0.3 is 0 Å². The van der Waals surface area contributed by atoms with Crippen LogP contribution in [0.1, 0.15) is 48.8 Å². The maximum absolute atomic E-state index is 4.67. The molecular formula is C10H16N2S. The van der Waals surface area contributed by atoms with Crippen molar-refractivity contribution in [3.63, 3.8) is 0 Å². The summed E-state index contributed by atoms with van der Waals surface area (Å²) in [5.74, 6) is 0.799. The molecule has 1 aliphatic carbocycles. The molecule has 2 rings (SSSR count). The maximum Gasteiger partial charge on any atom is 0.0959 e. The third-order valence-corrected chi connectivity index (χ3v) is 3.61. The van der Waals surface area contributed by atoms with E-state index in [9.17, 15) is 0 Å². The highest BCUT2D eigenvalue weighted by Gasteiger charge is 2.27. The van der Waals surface area contributed by atoms with Gasteiger partial charge in [0, 0.05) is 17.3 Å². The van der Waals surface area contributed by atoms with Gasteiger partial charge in [-0.2, -0.15) is 0 Å². The molecule has 0 radical (unpaired) electrons. The molecule has 1 N–H and O–H groups in total. The fourth-order valence-electron chi connectivity index (χ4n) is 1.54. The van der Waals surface area contributed by atoms with Crippen molar-refractivity contribution >= 4 is 11.3 Å². The molecule has 1 heterocycles. The van der Waals surface area contributed by atoms with Crippen LogP contribution < -0.4 is 5.32 Å². The summed E-state index contributed by atoms with van der Waals surface area (Å²) < 4.78 is 0. The van der Waals surface area contributed by atoms with Crippen molar-refractivity contribution in [3.05, 3.63) is 16.1 Å². The Kier molecular flexibility index (Phi) is 2.65. The summed E-state index contributed by atoms with van der Waals surface area (Å²) in [4.78, 5) is 4.67. The van der Waals surface area contributed by atoms with Gasteiger partial charge < -0.3 is 5.32 Å². The molecule has 1 saturated carbocycles. The average Bonchev–Trinajstić information content (AvgIpc) is 2.89. The minimum atomic E-state index is 0.448. The lowest BCUT2D eigenvalue weighted by molar-refractivity contribution is 0.563. The van der Waals surface area contributed by atoms with Gasteiger partial charge in [0.05, 0.1) is 10.7 Å². The van der Waals surface area contributed by atoms with Gasteiger partial charge in [-0.05, 0) is 26.3 Å². The molecule has 0 bridgehead atoms. The quantitative estimate of drug-likeness (QED) is 0.801. The number of hydrogen-bond acceptors (Lipinski definition) is 3. The van der Waals surface area contributed by atoms with Crippen LogP contribution in [0.25, 0.3) is 0 Å². The molecule has 2 nitrogen and oxygen atoms in total. The maximum atomic E-state index is 4.67. The fourth-order valence-corrected chi connectivity index (χ4v) is 2.58. The van der Waals surface area contributed by atoms with Crippen LogP contribution in [0.3, 0.4) is 0 Å². The van der Waals surface area contributed by atoms with Crippen LogP contribution in [-0.2, 0) is 0 Å². The lowest BCUT2D eigenvalue weighted by atomic mass is 10.2. The number of hydrogen-bond donors (Lipinski definition) is 1. The smallest absolute Gasteiger partial charge is 0.0959 e. The Labute approximate surface area is 83.4 Å². The first-order valence-corrected chi connectivity index (χ1v) is 5.85. The van der Waals surface area contributed by atoms with Gasteiger partial charge in [-0.3, -0.25) is 0 Å². The summed E-state index contributed by atoms with van der Waals surface area (Å²) in [6, 6.07) is 0.448. The molecule has 0 spiro atoms. The second-order valence-corrected chi connectivity index (χ2v) is 4.52. The third-order valence-electron chi connectivity index (χ3n) is 2.58. The van der Waals surface area contributed by atoms with E-state index < -0.39 is 0 Å². The van der Waals surface area contributed by atoms with E-state index in [0.29, 0.717) is 6.04 Å². The van der Waals surface area contributed by atoms with Gasteiger partial charge in [0.1, 0.15) is 0 Å². The van der Waals surface area contributed by atoms with Gasteiger partial charge in [-0.15, -0.1) is 11.3 Å². The molecule has 0 amide bonds. The summed E-state index contributed by atoms with van der Waals surface area (Å²) in [6.45, 7) is 2.19. The molecule has 0 aliphatic heterocycles. The summed E-state index contributed by atoms with van der Waals surface area (Å²) in [5.41, 5.74) is 1.23. The monoisotopic (exact) mass is 196 g/mol. The van der Waals surface area contributed by atoms with Crippen LogP contribution in [0.5, 0.6) is 0 Å². The van der Waals surface area contributed by atoms with E-state index in [1.807, 2.05) is 18.4 Å². The minimum absolute atomic E-state index is 0.448. The normalized spacial score (nSPS) is 18.9. The Morgan fingerprint density at radius 1 is 1.69 bits per heavy atom. The van der Waals surface area contributed by atoms with Gasteiger partial charge in [-0.25, -0.2) is 4.98 Å². The van der Waals surface area contributed by atoms with Crippen molar-refractivity contribution in [2.75, 3.05) is 7.05 Å². The van der Waals surface area contributed by atoms with E-state index in [4.69, 9.17) is 0 Å². The van der Waals surface area contributed by atoms with Crippen LogP contribution >= 0.6 is 11.3 Å². The fraction of sp³-hybridized carbons (Fsp3) is 0.700. The van der Waals surface area contributed by atoms with Gasteiger partial charge in [-0.1, -0.05) is 6.92 Å². The van der Waals surface area contributed by atoms with Crippen LogP contribution in [0.4, 0.5) is 0 Å². The lowest BCUT2D eigenvalue weighted by Gasteiger charge is -2.09. The summed E-state index contributed by atoms with van der Waals surface area (Å²) >= 11 is 1.83. The first-order chi connectivity index (χ1) is 6.35. The predicted octanol–water partition coefficient (Wildman–Crippen LogP) is 2.69. The van der Waals surface area contributed by atoms with Crippen LogP contribution in [0.15, 0.2) is 5.38 Å². The molecule has 1 atom stereocenters. The number of thiazole rings is 1. The van der Waals surface area contributed by atoms with E-state index in [2.05, 4.69) is 22.6 Å². The standard InChI is InChI=1S/C10H16N2S/c1-3-8(11-2)9-6-13-10(12-9)7-4-5-7/h6-8,11H,3-5H2,1-2H3. The average molecular weight is 196 g/mol. The summed E-state index contributed by atoms with van der Waals surface area (Å²) in [6.07, 6.45) is 3.82. The van der Waals surface area contributed by atoms with E-state index in [1.165, 1.54) is 23.5 Å². The molecule has 13 heavy (non-hydrogen) atoms. The van der Waals surface area contributed by atoms with Crippen LogP contribution in [-0.4, -0.2) is 12.0 Å². The zero-order valence-corrected chi connectivity index (χ0v) is 9.03. The van der Waals surface area contributed by atoms with Crippen molar-refractivity contribution in [3.8, 4) is 0 Å². The largest absolute Gasteiger partial charge is 0.312 e. The van der Waals surface area contributed by atoms with E-state index in [1.54, 1.807) is 0 Å². The number of nitrogens with one attached hydrogen (secondary N) is 1. The Morgan fingerprint density at radius 2 is 2.46 bits per heavy atom. The van der Waals surface area contributed by atoms with Crippen LogP contribution in [0, 0.1) is 0 Å². The lowest BCUT2D eigenvalue weighted by Crippen LogP contribution is -2.15. The molecule has 0 saturated heterocycles. The molecule has 1 unspecified atom stereocenters. The van der Waals surface area contributed by atoms with E-state index >= 15 is 0 Å². The molecule has 72 valence electrons. The van der Waals surface area contributed by atoms with Gasteiger partial charge in [0.2, 0.25) is 0 Å². The first-order valence-electron chi connectivity index (χ1n) is 4.97. The van der Waals surface area contributed by atoms with Crippen molar-refractivity contribution in [1.29, 1.82) is 0 Å². The zero-order chi connectivity index (χ0) is 9.26. The van der Waals surface area contributed by atoms with Crippen molar-refractivity contribution in [1.82, 2.24) is 10.3 Å². The van der Waals surface area contributed by atoms with E-state index in [-0.39, 0.29) is 0 Å². The Morgan fingerprint density at radius 3 is 3.00 bits per heavy atom. The highest BCUT2D eigenvalue weighted by molar-refractivity contribution is 7.09. The second kappa shape index (κ2) is 3.76. The first kappa shape index (κ1) is 9.16.